The molecule has 0 spiro atoms. The number of furan rings is 1. The third-order valence-corrected chi connectivity index (χ3v) is 0.631. The first-order valence-corrected chi connectivity index (χ1v) is 1.87. The first kappa shape index (κ1) is 7.25. The van der Waals surface area contributed by atoms with Gasteiger partial charge in [0.25, 0.3) is 0 Å². The molecule has 1 aromatic rings. The largest absolute Gasteiger partial charge is 0.454 e. The average molecular weight is 174 g/mol. The lowest BCUT2D eigenvalue weighted by Crippen LogP contribution is -1.54. The number of halogens is 1. The molecule has 1 rings (SSSR count). The predicted molar refractivity (Wildman–Crippen MR) is 33.7 cm³/mol. The van der Waals surface area contributed by atoms with Gasteiger partial charge in [0.2, 0.25) is 5.76 Å². The smallest absolute Gasteiger partial charge is 0.203 e. The Bertz CT molecular complexity index is 175. The van der Waals surface area contributed by atoms with Crippen LogP contribution in [0.1, 0.15) is 5.76 Å². The predicted octanol–water partition coefficient (Wildman–Crippen LogP) is 1.73. The van der Waals surface area contributed by atoms with Gasteiger partial charge in [0, 0.05) is 0 Å². The minimum absolute atomic E-state index is 0. The van der Waals surface area contributed by atoms with Crippen molar-refractivity contribution in [2.75, 3.05) is 0 Å². The standard InChI is InChI=1S/C5H3NO.BrH/c6-4-5-2-1-3-7-5;/h1-3H;1H. The molecule has 0 atom stereocenters. The van der Waals surface area contributed by atoms with E-state index in [1.807, 2.05) is 6.07 Å². The highest BCUT2D eigenvalue weighted by Gasteiger charge is 1.84. The van der Waals surface area contributed by atoms with E-state index in [0.29, 0.717) is 5.76 Å². The highest BCUT2D eigenvalue weighted by molar-refractivity contribution is 8.93. The third-order valence-electron chi connectivity index (χ3n) is 0.631. The normalized spacial score (nSPS) is 6.88. The molecule has 0 aromatic carbocycles. The molecule has 0 fully saturated rings. The van der Waals surface area contributed by atoms with Crippen molar-refractivity contribution in [1.29, 1.82) is 5.26 Å². The Morgan fingerprint density at radius 2 is 2.38 bits per heavy atom. The van der Waals surface area contributed by atoms with Gasteiger partial charge < -0.3 is 4.42 Å². The Balaban J connectivity index is 0.000000490. The second-order valence-corrected chi connectivity index (χ2v) is 1.09. The minimum atomic E-state index is 0. The molecule has 0 aliphatic carbocycles. The van der Waals surface area contributed by atoms with E-state index in [4.69, 9.17) is 5.26 Å². The topological polar surface area (TPSA) is 36.9 Å². The van der Waals surface area contributed by atoms with Gasteiger partial charge in [-0.2, -0.15) is 5.26 Å². The lowest BCUT2D eigenvalue weighted by atomic mass is 10.5. The SMILES string of the molecule is Br.N#Cc1ccco1. The molecule has 3 heteroatoms. The van der Waals surface area contributed by atoms with Crippen LogP contribution in [0.4, 0.5) is 0 Å². The van der Waals surface area contributed by atoms with E-state index >= 15 is 0 Å². The molecule has 0 aliphatic rings. The van der Waals surface area contributed by atoms with Crippen LogP contribution in [0, 0.1) is 11.3 Å². The third kappa shape index (κ3) is 1.39. The summed E-state index contributed by atoms with van der Waals surface area (Å²) in [5.74, 6) is 0.361. The molecule has 0 saturated heterocycles. The molecule has 2 nitrogen and oxygen atoms in total. The van der Waals surface area contributed by atoms with Gasteiger partial charge in [-0.1, -0.05) is 0 Å². The lowest BCUT2D eigenvalue weighted by Gasteiger charge is -1.65. The maximum atomic E-state index is 8.08. The second-order valence-electron chi connectivity index (χ2n) is 1.09. The molecular weight excluding hydrogens is 170 g/mol. The van der Waals surface area contributed by atoms with Crippen LogP contribution in [0.15, 0.2) is 22.8 Å². The molecule has 0 bridgehead atoms. The van der Waals surface area contributed by atoms with Crippen molar-refractivity contribution in [1.82, 2.24) is 0 Å². The van der Waals surface area contributed by atoms with Crippen molar-refractivity contribution in [3.63, 3.8) is 0 Å². The maximum Gasteiger partial charge on any atom is 0.203 e. The van der Waals surface area contributed by atoms with Crippen molar-refractivity contribution in [2.24, 2.45) is 0 Å². The Kier molecular flexibility index (Phi) is 2.97. The number of nitrogens with zero attached hydrogens (tertiary/aromatic N) is 1. The van der Waals surface area contributed by atoms with Crippen LogP contribution in [-0.4, -0.2) is 0 Å². The Hall–Kier alpha value is -0.750. The molecule has 0 unspecified atom stereocenters. The quantitative estimate of drug-likeness (QED) is 0.600. The van der Waals surface area contributed by atoms with Crippen LogP contribution in [-0.2, 0) is 0 Å². The molecule has 0 radical (unpaired) electrons. The summed E-state index contributed by atoms with van der Waals surface area (Å²) in [5, 5.41) is 8.08. The molecule has 42 valence electrons. The van der Waals surface area contributed by atoms with Gasteiger partial charge >= 0.3 is 0 Å². The lowest BCUT2D eigenvalue weighted by molar-refractivity contribution is 0.553. The number of nitriles is 1. The van der Waals surface area contributed by atoms with Gasteiger partial charge in [-0.25, -0.2) is 0 Å². The summed E-state index contributed by atoms with van der Waals surface area (Å²) in [6.45, 7) is 0. The molecule has 0 saturated carbocycles. The van der Waals surface area contributed by atoms with Gasteiger partial charge in [0.15, 0.2) is 0 Å². The summed E-state index contributed by atoms with van der Waals surface area (Å²) in [6, 6.07) is 5.13. The Morgan fingerprint density at radius 3 is 2.62 bits per heavy atom. The first-order valence-electron chi connectivity index (χ1n) is 1.87. The van der Waals surface area contributed by atoms with E-state index in [1.54, 1.807) is 12.1 Å². The fourth-order valence-electron chi connectivity index (χ4n) is 0.342. The van der Waals surface area contributed by atoms with Gasteiger partial charge in [0.1, 0.15) is 6.07 Å². The monoisotopic (exact) mass is 173 g/mol. The number of hydrogen-bond donors (Lipinski definition) is 0. The minimum Gasteiger partial charge on any atom is -0.454 e. The van der Waals surface area contributed by atoms with E-state index in [0.717, 1.165) is 0 Å². The van der Waals surface area contributed by atoms with E-state index in [1.165, 1.54) is 6.26 Å². The van der Waals surface area contributed by atoms with Crippen molar-refractivity contribution < 1.29 is 4.42 Å². The maximum absolute atomic E-state index is 8.08. The van der Waals surface area contributed by atoms with Crippen LogP contribution >= 0.6 is 17.0 Å². The van der Waals surface area contributed by atoms with Crippen LogP contribution in [0.5, 0.6) is 0 Å². The van der Waals surface area contributed by atoms with Crippen molar-refractivity contribution in [3.05, 3.63) is 24.2 Å². The fraction of sp³-hybridized carbons (Fsp3) is 0. The van der Waals surface area contributed by atoms with Crippen LogP contribution in [0.25, 0.3) is 0 Å². The van der Waals surface area contributed by atoms with Crippen molar-refractivity contribution in [2.45, 2.75) is 0 Å². The summed E-state index contributed by atoms with van der Waals surface area (Å²) in [4.78, 5) is 0. The number of hydrogen-bond acceptors (Lipinski definition) is 2. The van der Waals surface area contributed by atoms with Gasteiger partial charge in [0.05, 0.1) is 6.26 Å². The van der Waals surface area contributed by atoms with E-state index < -0.39 is 0 Å². The van der Waals surface area contributed by atoms with Crippen LogP contribution in [0.3, 0.4) is 0 Å². The van der Waals surface area contributed by atoms with E-state index in [9.17, 15) is 0 Å². The summed E-state index contributed by atoms with van der Waals surface area (Å²) in [5.41, 5.74) is 0. The highest BCUT2D eigenvalue weighted by Crippen LogP contribution is 1.94. The summed E-state index contributed by atoms with van der Waals surface area (Å²) >= 11 is 0. The van der Waals surface area contributed by atoms with E-state index in [-0.39, 0.29) is 17.0 Å². The molecule has 0 aliphatic heterocycles. The van der Waals surface area contributed by atoms with Crippen LogP contribution in [0.2, 0.25) is 0 Å². The van der Waals surface area contributed by atoms with Gasteiger partial charge in [-0.3, -0.25) is 0 Å². The molecule has 1 heterocycles. The molecular formula is C5H4BrNO. The Labute approximate surface area is 57.5 Å². The zero-order valence-electron chi connectivity index (χ0n) is 4.00. The molecule has 0 amide bonds. The average Bonchev–Trinajstić information content (AvgIpc) is 2.14. The molecule has 1 aromatic heterocycles. The fourth-order valence-corrected chi connectivity index (χ4v) is 0.342. The van der Waals surface area contributed by atoms with E-state index in [2.05, 4.69) is 4.42 Å². The Morgan fingerprint density at radius 1 is 1.62 bits per heavy atom. The second kappa shape index (κ2) is 3.28. The zero-order valence-corrected chi connectivity index (χ0v) is 5.71. The summed E-state index contributed by atoms with van der Waals surface area (Å²) < 4.78 is 4.62. The highest BCUT2D eigenvalue weighted by atomic mass is 79.9. The first-order chi connectivity index (χ1) is 3.43. The van der Waals surface area contributed by atoms with Gasteiger partial charge in [-0.05, 0) is 12.1 Å². The molecule has 8 heavy (non-hydrogen) atoms. The number of rotatable bonds is 0. The van der Waals surface area contributed by atoms with Gasteiger partial charge in [-0.15, -0.1) is 17.0 Å². The summed E-state index contributed by atoms with van der Waals surface area (Å²) in [6.07, 6.45) is 1.47. The summed E-state index contributed by atoms with van der Waals surface area (Å²) in [7, 11) is 0. The van der Waals surface area contributed by atoms with Crippen LogP contribution < -0.4 is 0 Å². The zero-order chi connectivity index (χ0) is 5.11. The van der Waals surface area contributed by atoms with Crippen molar-refractivity contribution in [3.8, 4) is 6.07 Å². The van der Waals surface area contributed by atoms with Crippen molar-refractivity contribution >= 4 is 17.0 Å². The molecule has 0 N–H and O–H groups in total.